The zero-order valence-electron chi connectivity index (χ0n) is 14.2. The number of carbonyl (C=O) groups excluding carboxylic acids is 2. The van der Waals surface area contributed by atoms with Gasteiger partial charge in [0.15, 0.2) is 10.8 Å². The largest absolute Gasteiger partial charge is 0.463 e. The predicted octanol–water partition coefficient (Wildman–Crippen LogP) is 0.612. The van der Waals surface area contributed by atoms with Crippen LogP contribution in [0.25, 0.3) is 11.2 Å². The van der Waals surface area contributed by atoms with Crippen molar-refractivity contribution < 1.29 is 28.9 Å². The second-order valence-corrected chi connectivity index (χ2v) is 6.29. The Hall–Kier alpha value is -2.30. The van der Waals surface area contributed by atoms with E-state index in [9.17, 15) is 14.7 Å². The Labute approximate surface area is 153 Å². The van der Waals surface area contributed by atoms with E-state index < -0.39 is 36.0 Å². The minimum Gasteiger partial charge on any atom is -0.463 e. The van der Waals surface area contributed by atoms with Crippen molar-refractivity contribution in [3.05, 3.63) is 17.8 Å². The molecule has 1 aliphatic rings. The predicted molar refractivity (Wildman–Crippen MR) is 86.7 cm³/mol. The van der Waals surface area contributed by atoms with Crippen LogP contribution < -0.4 is 0 Å². The topological polar surface area (TPSA) is 126 Å². The van der Waals surface area contributed by atoms with Crippen LogP contribution in [0, 0.1) is 5.92 Å². The Bertz CT molecular complexity index is 858. The fourth-order valence-electron chi connectivity index (χ4n) is 2.95. The van der Waals surface area contributed by atoms with E-state index in [0.29, 0.717) is 0 Å². The van der Waals surface area contributed by atoms with Crippen LogP contribution in [0.4, 0.5) is 0 Å². The molecule has 3 heterocycles. The van der Waals surface area contributed by atoms with Gasteiger partial charge in [0.2, 0.25) is 0 Å². The van der Waals surface area contributed by atoms with Crippen LogP contribution in [0.5, 0.6) is 0 Å². The number of carbonyl (C=O) groups is 2. The van der Waals surface area contributed by atoms with Gasteiger partial charge in [0.05, 0.1) is 5.92 Å². The Morgan fingerprint density at radius 2 is 2.08 bits per heavy atom. The zero-order chi connectivity index (χ0) is 19.1. The first kappa shape index (κ1) is 18.5. The molecule has 0 radical (unpaired) electrons. The molecular formula is C15H17ClN4O6. The highest BCUT2D eigenvalue weighted by molar-refractivity contribution is 6.33. The van der Waals surface area contributed by atoms with Crippen molar-refractivity contribution in [1.29, 1.82) is 0 Å². The van der Waals surface area contributed by atoms with Crippen LogP contribution in [0.15, 0.2) is 12.7 Å². The summed E-state index contributed by atoms with van der Waals surface area (Å²) in [6.45, 7) is 3.93. The molecule has 0 aromatic carbocycles. The number of ether oxygens (including phenoxy) is 3. The van der Waals surface area contributed by atoms with E-state index in [1.165, 1.54) is 31.1 Å². The molecule has 2 aromatic heterocycles. The number of halogens is 1. The fraction of sp³-hybridized carbons (Fsp3) is 0.533. The highest BCUT2D eigenvalue weighted by Gasteiger charge is 2.56. The van der Waals surface area contributed by atoms with Crippen LogP contribution in [0.1, 0.15) is 20.8 Å². The third-order valence-corrected chi connectivity index (χ3v) is 4.44. The van der Waals surface area contributed by atoms with Gasteiger partial charge in [-0.2, -0.15) is 0 Å². The minimum atomic E-state index is -1.95. The Kier molecular flexibility index (Phi) is 4.82. The average Bonchev–Trinajstić information content (AvgIpc) is 3.10. The van der Waals surface area contributed by atoms with Crippen molar-refractivity contribution in [2.45, 2.75) is 38.9 Å². The van der Waals surface area contributed by atoms with Crippen molar-refractivity contribution in [3.63, 3.8) is 0 Å². The quantitative estimate of drug-likeness (QED) is 0.595. The third kappa shape index (κ3) is 3.11. The second kappa shape index (κ2) is 6.78. The molecular weight excluding hydrogens is 368 g/mol. The molecule has 2 unspecified atom stereocenters. The smallest absolute Gasteiger partial charge is 0.303 e. The molecule has 0 amide bonds. The summed E-state index contributed by atoms with van der Waals surface area (Å²) >= 11 is 5.99. The van der Waals surface area contributed by atoms with Gasteiger partial charge in [-0.15, -0.1) is 0 Å². The van der Waals surface area contributed by atoms with Gasteiger partial charge in [-0.25, -0.2) is 15.0 Å². The first-order chi connectivity index (χ1) is 12.2. The van der Waals surface area contributed by atoms with Crippen LogP contribution >= 0.6 is 11.6 Å². The van der Waals surface area contributed by atoms with E-state index >= 15 is 0 Å². The van der Waals surface area contributed by atoms with E-state index in [0.717, 1.165) is 0 Å². The van der Waals surface area contributed by atoms with Crippen molar-refractivity contribution in [2.75, 3.05) is 6.61 Å². The number of nitrogens with zero attached hydrogens (tertiary/aromatic N) is 4. The lowest BCUT2D eigenvalue weighted by molar-refractivity contribution is -0.272. The number of imidazole rings is 1. The molecule has 0 aliphatic carbocycles. The van der Waals surface area contributed by atoms with Gasteiger partial charge in [-0.1, -0.05) is 18.5 Å². The molecule has 1 fully saturated rings. The highest BCUT2D eigenvalue weighted by Crippen LogP contribution is 2.41. The molecule has 1 aliphatic heterocycles. The number of hydrogen-bond donors (Lipinski definition) is 1. The van der Waals surface area contributed by atoms with Gasteiger partial charge in [-0.05, 0) is 0 Å². The second-order valence-electron chi connectivity index (χ2n) is 5.93. The van der Waals surface area contributed by atoms with Crippen LogP contribution in [-0.4, -0.2) is 55.4 Å². The van der Waals surface area contributed by atoms with Gasteiger partial charge < -0.3 is 19.3 Å². The normalized spacial score (nSPS) is 28.3. The summed E-state index contributed by atoms with van der Waals surface area (Å²) < 4.78 is 17.3. The summed E-state index contributed by atoms with van der Waals surface area (Å²) in [7, 11) is 0. The van der Waals surface area contributed by atoms with Gasteiger partial charge in [0, 0.05) is 13.8 Å². The third-order valence-electron chi connectivity index (χ3n) is 4.16. The summed E-state index contributed by atoms with van der Waals surface area (Å²) in [4.78, 5) is 34.6. The van der Waals surface area contributed by atoms with E-state index in [4.69, 9.17) is 25.8 Å². The molecule has 1 saturated heterocycles. The Balaban J connectivity index is 2.00. The molecule has 0 spiro atoms. The average molecular weight is 385 g/mol. The van der Waals surface area contributed by atoms with E-state index in [-0.39, 0.29) is 22.9 Å². The molecule has 140 valence electrons. The van der Waals surface area contributed by atoms with E-state index in [1.54, 1.807) is 6.92 Å². The zero-order valence-corrected chi connectivity index (χ0v) is 15.0. The van der Waals surface area contributed by atoms with Gasteiger partial charge in [0.1, 0.15) is 37.0 Å². The Morgan fingerprint density at radius 1 is 1.35 bits per heavy atom. The minimum absolute atomic E-state index is 0.121. The molecule has 3 rings (SSSR count). The van der Waals surface area contributed by atoms with Gasteiger partial charge in [-0.3, -0.25) is 14.2 Å². The molecule has 10 nitrogen and oxygen atoms in total. The van der Waals surface area contributed by atoms with Crippen LogP contribution in [0.2, 0.25) is 5.15 Å². The lowest BCUT2D eigenvalue weighted by Gasteiger charge is -2.28. The first-order valence-corrected chi connectivity index (χ1v) is 8.16. The summed E-state index contributed by atoms with van der Waals surface area (Å²) in [5, 5.41) is 11.3. The summed E-state index contributed by atoms with van der Waals surface area (Å²) in [5.74, 6) is -3.75. The molecule has 11 heteroatoms. The molecule has 4 atom stereocenters. The van der Waals surface area contributed by atoms with Crippen molar-refractivity contribution in [1.82, 2.24) is 19.5 Å². The van der Waals surface area contributed by atoms with E-state index in [2.05, 4.69) is 15.0 Å². The molecule has 2 aromatic rings. The van der Waals surface area contributed by atoms with Crippen LogP contribution in [0.3, 0.4) is 0 Å². The maximum absolute atomic E-state index is 11.5. The summed E-state index contributed by atoms with van der Waals surface area (Å²) in [5.41, 5.74) is 0.528. The van der Waals surface area contributed by atoms with Crippen LogP contribution in [-0.2, 0) is 29.7 Å². The summed E-state index contributed by atoms with van der Waals surface area (Å²) in [6.07, 6.45) is 0.802. The standard InChI is InChI=1S/C15H17ClN4O6/c1-7-12(25-9(3)22)10(4-24-8(2)21)26-15(7,23)20-6-19-11-13(16)17-5-18-14(11)20/h5-7,10,12,23H,4H2,1-3H3/t7?,10-,12?,15-/m1/s1. The highest BCUT2D eigenvalue weighted by atomic mass is 35.5. The van der Waals surface area contributed by atoms with Crippen molar-refractivity contribution >= 4 is 34.7 Å². The van der Waals surface area contributed by atoms with Gasteiger partial charge >= 0.3 is 11.9 Å². The monoisotopic (exact) mass is 384 g/mol. The number of hydrogen-bond acceptors (Lipinski definition) is 9. The van der Waals surface area contributed by atoms with Crippen molar-refractivity contribution in [3.8, 4) is 0 Å². The number of aliphatic hydroxyl groups is 1. The maximum Gasteiger partial charge on any atom is 0.303 e. The molecule has 1 N–H and O–H groups in total. The van der Waals surface area contributed by atoms with Crippen molar-refractivity contribution in [2.24, 2.45) is 5.92 Å². The lowest BCUT2D eigenvalue weighted by atomic mass is 10.00. The molecule has 0 saturated carbocycles. The Morgan fingerprint density at radius 3 is 2.73 bits per heavy atom. The number of esters is 2. The SMILES string of the molecule is CC(=O)OC[C@H]1O[C@@](O)(n2cnc3c(Cl)ncnc32)C(C)C1OC(C)=O. The number of fused-ring (bicyclic) bond motifs is 1. The number of aromatic nitrogens is 4. The summed E-state index contributed by atoms with van der Waals surface area (Å²) in [6, 6.07) is 0. The lowest BCUT2D eigenvalue weighted by Crippen LogP contribution is -2.40. The van der Waals surface area contributed by atoms with E-state index in [1.807, 2.05) is 0 Å². The molecule has 26 heavy (non-hydrogen) atoms. The first-order valence-electron chi connectivity index (χ1n) is 7.79. The maximum atomic E-state index is 11.5. The fourth-order valence-corrected chi connectivity index (χ4v) is 3.12. The number of rotatable bonds is 4. The van der Waals surface area contributed by atoms with Gasteiger partial charge in [0.25, 0.3) is 5.91 Å². The molecule has 0 bridgehead atoms.